The number of carboxylic acids is 1. The molecule has 0 bridgehead atoms. The van der Waals surface area contributed by atoms with Crippen LogP contribution in [0.5, 0.6) is 0 Å². The number of rotatable bonds is 6. The summed E-state index contributed by atoms with van der Waals surface area (Å²) < 4.78 is 47.6. The summed E-state index contributed by atoms with van der Waals surface area (Å²) in [6.45, 7) is 7.41. The number of nitrogens with zero attached hydrogens (tertiary/aromatic N) is 2. The number of alkyl halides is 3. The minimum Gasteiger partial charge on any atom is -0.478 e. The third-order valence-corrected chi connectivity index (χ3v) is 6.65. The summed E-state index contributed by atoms with van der Waals surface area (Å²) in [5, 5.41) is 15.3. The number of benzene rings is 2. The van der Waals surface area contributed by atoms with Gasteiger partial charge in [0.25, 0.3) is 0 Å². The van der Waals surface area contributed by atoms with Crippen LogP contribution in [0.1, 0.15) is 58.5 Å². The molecule has 0 aliphatic heterocycles. The number of hydrogen-bond donors (Lipinski definition) is 1. The second-order valence-electron chi connectivity index (χ2n) is 9.31. The summed E-state index contributed by atoms with van der Waals surface area (Å²) in [7, 11) is 0. The Morgan fingerprint density at radius 1 is 1.11 bits per heavy atom. The van der Waals surface area contributed by atoms with Gasteiger partial charge in [-0.25, -0.2) is 9.48 Å². The van der Waals surface area contributed by atoms with Crippen LogP contribution in [-0.4, -0.2) is 26.5 Å². The van der Waals surface area contributed by atoms with Crippen molar-refractivity contribution in [2.45, 2.75) is 52.5 Å². The first-order chi connectivity index (χ1) is 16.3. The van der Waals surface area contributed by atoms with E-state index in [0.29, 0.717) is 29.1 Å². The molecule has 0 saturated heterocycles. The first-order valence-corrected chi connectivity index (χ1v) is 11.8. The van der Waals surface area contributed by atoms with Gasteiger partial charge in [-0.2, -0.15) is 18.3 Å². The van der Waals surface area contributed by atoms with Crippen molar-refractivity contribution in [3.63, 3.8) is 0 Å². The van der Waals surface area contributed by atoms with Gasteiger partial charge in [-0.15, -0.1) is 11.3 Å². The second kappa shape index (κ2) is 9.13. The van der Waals surface area contributed by atoms with Crippen molar-refractivity contribution in [3.05, 3.63) is 81.5 Å². The lowest BCUT2D eigenvalue weighted by Crippen LogP contribution is -2.19. The van der Waals surface area contributed by atoms with Gasteiger partial charge < -0.3 is 9.84 Å². The van der Waals surface area contributed by atoms with Crippen molar-refractivity contribution in [1.82, 2.24) is 9.78 Å². The molecule has 0 unspecified atom stereocenters. The van der Waals surface area contributed by atoms with Crippen LogP contribution >= 0.6 is 11.3 Å². The van der Waals surface area contributed by atoms with E-state index in [1.54, 1.807) is 17.7 Å². The van der Waals surface area contributed by atoms with Crippen LogP contribution in [0.4, 0.5) is 13.2 Å². The van der Waals surface area contributed by atoms with Crippen LogP contribution < -0.4 is 0 Å². The quantitative estimate of drug-likeness (QED) is 0.308. The van der Waals surface area contributed by atoms with Crippen molar-refractivity contribution in [2.75, 3.05) is 0 Å². The molecule has 0 fully saturated rings. The number of fused-ring (bicyclic) bond motifs is 1. The SMILES string of the molecule is Cc1c(C(=O)O)c(COC(C)(C)C)nn1-c1cccc2cc(Cc3cccc(C(F)(F)F)c3)sc12. The normalized spacial score (nSPS) is 12.4. The summed E-state index contributed by atoms with van der Waals surface area (Å²) in [4.78, 5) is 12.9. The fourth-order valence-electron chi connectivity index (χ4n) is 3.87. The van der Waals surface area contributed by atoms with Crippen molar-refractivity contribution < 1.29 is 27.8 Å². The topological polar surface area (TPSA) is 64.3 Å². The molecule has 5 nitrogen and oxygen atoms in total. The monoisotopic (exact) mass is 502 g/mol. The number of ether oxygens (including phenoxy) is 1. The van der Waals surface area contributed by atoms with Crippen LogP contribution in [-0.2, 0) is 23.9 Å². The third-order valence-electron chi connectivity index (χ3n) is 5.48. The molecule has 0 spiro atoms. The molecule has 0 radical (unpaired) electrons. The Bertz CT molecular complexity index is 1400. The fraction of sp³-hybridized carbons (Fsp3) is 0.308. The van der Waals surface area contributed by atoms with Crippen LogP contribution in [0.25, 0.3) is 15.8 Å². The van der Waals surface area contributed by atoms with E-state index in [2.05, 4.69) is 5.10 Å². The highest BCUT2D eigenvalue weighted by atomic mass is 32.1. The minimum atomic E-state index is -4.39. The number of carbonyl (C=O) groups is 1. The molecular weight excluding hydrogens is 477 g/mol. The standard InChI is InChI=1S/C26H25F3N2O3S/c1-15-22(24(32)33)20(14-34-25(2,3)4)30-31(15)21-10-6-8-17-13-19(35-23(17)21)12-16-7-5-9-18(11-16)26(27,28)29/h5-11,13H,12,14H2,1-4H3,(H,32,33). The van der Waals surface area contributed by atoms with Gasteiger partial charge in [0.2, 0.25) is 0 Å². The largest absolute Gasteiger partial charge is 0.478 e. The lowest BCUT2D eigenvalue weighted by Gasteiger charge is -2.18. The number of carboxylic acid groups (broad SMARTS) is 1. The fourth-order valence-corrected chi connectivity index (χ4v) is 5.06. The van der Waals surface area contributed by atoms with E-state index in [1.165, 1.54) is 23.5 Å². The summed E-state index contributed by atoms with van der Waals surface area (Å²) in [6.07, 6.45) is -4.04. The maximum atomic E-state index is 13.1. The van der Waals surface area contributed by atoms with E-state index >= 15 is 0 Å². The van der Waals surface area contributed by atoms with E-state index in [1.807, 2.05) is 45.0 Å². The van der Waals surface area contributed by atoms with Gasteiger partial charge in [-0.1, -0.05) is 30.3 Å². The van der Waals surface area contributed by atoms with Gasteiger partial charge in [0.15, 0.2) is 0 Å². The molecule has 0 atom stereocenters. The molecule has 4 rings (SSSR count). The van der Waals surface area contributed by atoms with E-state index in [-0.39, 0.29) is 12.2 Å². The zero-order chi connectivity index (χ0) is 25.5. The Morgan fingerprint density at radius 3 is 2.49 bits per heavy atom. The molecule has 1 N–H and O–H groups in total. The highest BCUT2D eigenvalue weighted by Crippen LogP contribution is 2.35. The molecule has 2 aromatic carbocycles. The predicted octanol–water partition coefficient (Wildman–Crippen LogP) is 7.02. The van der Waals surface area contributed by atoms with Gasteiger partial charge in [0, 0.05) is 11.3 Å². The summed E-state index contributed by atoms with van der Waals surface area (Å²) in [5.74, 6) is -1.08. The number of halogens is 3. The van der Waals surface area contributed by atoms with Crippen LogP contribution in [0.3, 0.4) is 0 Å². The van der Waals surface area contributed by atoms with Crippen LogP contribution in [0.2, 0.25) is 0 Å². The zero-order valence-electron chi connectivity index (χ0n) is 19.7. The van der Waals surface area contributed by atoms with Gasteiger partial charge in [0.05, 0.1) is 33.9 Å². The molecule has 0 amide bonds. The molecule has 0 aliphatic carbocycles. The van der Waals surface area contributed by atoms with Gasteiger partial charge in [-0.3, -0.25) is 0 Å². The minimum absolute atomic E-state index is 0.0557. The van der Waals surface area contributed by atoms with Gasteiger partial charge in [0.1, 0.15) is 11.3 Å². The summed E-state index contributed by atoms with van der Waals surface area (Å²) >= 11 is 1.46. The van der Waals surface area contributed by atoms with E-state index in [0.717, 1.165) is 21.0 Å². The van der Waals surface area contributed by atoms with Crippen molar-refractivity contribution >= 4 is 27.4 Å². The Morgan fingerprint density at radius 2 is 1.83 bits per heavy atom. The van der Waals surface area contributed by atoms with E-state index in [9.17, 15) is 23.1 Å². The van der Waals surface area contributed by atoms with Crippen molar-refractivity contribution in [3.8, 4) is 5.69 Å². The predicted molar refractivity (Wildman–Crippen MR) is 129 cm³/mol. The lowest BCUT2D eigenvalue weighted by atomic mass is 10.1. The van der Waals surface area contributed by atoms with E-state index in [4.69, 9.17) is 4.74 Å². The molecule has 2 aromatic heterocycles. The second-order valence-corrected chi connectivity index (χ2v) is 10.4. The van der Waals surface area contributed by atoms with Gasteiger partial charge in [-0.05, 0) is 56.8 Å². The number of thiophene rings is 1. The van der Waals surface area contributed by atoms with Crippen molar-refractivity contribution in [2.24, 2.45) is 0 Å². The average molecular weight is 503 g/mol. The molecule has 184 valence electrons. The average Bonchev–Trinajstić information content (AvgIpc) is 3.31. The zero-order valence-corrected chi connectivity index (χ0v) is 20.5. The molecule has 9 heteroatoms. The van der Waals surface area contributed by atoms with Crippen molar-refractivity contribution in [1.29, 1.82) is 0 Å². The maximum Gasteiger partial charge on any atom is 0.416 e. The molecule has 2 heterocycles. The molecule has 0 saturated carbocycles. The Hall–Kier alpha value is -3.17. The number of aromatic carboxylic acids is 1. The molecular formula is C26H25F3N2O3S. The summed E-state index contributed by atoms with van der Waals surface area (Å²) in [6, 6.07) is 12.9. The smallest absolute Gasteiger partial charge is 0.416 e. The van der Waals surface area contributed by atoms with Crippen LogP contribution in [0, 0.1) is 6.92 Å². The van der Waals surface area contributed by atoms with Gasteiger partial charge >= 0.3 is 12.1 Å². The Labute approximate surface area is 204 Å². The Balaban J connectivity index is 1.73. The van der Waals surface area contributed by atoms with Crippen LogP contribution in [0.15, 0.2) is 48.5 Å². The highest BCUT2D eigenvalue weighted by molar-refractivity contribution is 7.19. The molecule has 0 aliphatic rings. The highest BCUT2D eigenvalue weighted by Gasteiger charge is 2.30. The number of aromatic nitrogens is 2. The lowest BCUT2D eigenvalue weighted by molar-refractivity contribution is -0.137. The molecule has 4 aromatic rings. The summed E-state index contributed by atoms with van der Waals surface area (Å²) in [5.41, 5.74) is 1.07. The molecule has 35 heavy (non-hydrogen) atoms. The first kappa shape index (κ1) is 24.9. The maximum absolute atomic E-state index is 13.1. The first-order valence-electron chi connectivity index (χ1n) is 11.0. The number of hydrogen-bond acceptors (Lipinski definition) is 4. The third kappa shape index (κ3) is 5.41. The van der Waals surface area contributed by atoms with E-state index < -0.39 is 23.3 Å². The Kier molecular flexibility index (Phi) is 6.50.